The first-order valence-electron chi connectivity index (χ1n) is 11.7. The average Bonchev–Trinajstić information content (AvgIpc) is 3.57. The molecule has 0 fully saturated rings. The zero-order valence-corrected chi connectivity index (χ0v) is 23.1. The van der Waals surface area contributed by atoms with Crippen molar-refractivity contribution in [1.82, 2.24) is 10.3 Å². The van der Waals surface area contributed by atoms with Crippen molar-refractivity contribution < 1.29 is 18.4 Å². The summed E-state index contributed by atoms with van der Waals surface area (Å²) in [6, 6.07) is 19.9. The number of aryl methyl sites for hydroxylation is 1. The van der Waals surface area contributed by atoms with E-state index >= 15 is 0 Å². The first-order chi connectivity index (χ1) is 18.8. The van der Waals surface area contributed by atoms with Crippen LogP contribution in [0.4, 0.5) is 5.69 Å². The highest BCUT2D eigenvalue weighted by Gasteiger charge is 2.13. The first-order valence-corrected chi connectivity index (χ1v) is 12.9. The number of aromatic nitrogens is 1. The average molecular weight is 578 g/mol. The van der Waals surface area contributed by atoms with E-state index in [2.05, 4.69) is 15.6 Å². The molecule has 0 saturated carbocycles. The molecule has 196 valence electrons. The number of methoxy groups -OCH3 is 1. The fourth-order valence-corrected chi connectivity index (χ4v) is 4.40. The molecule has 3 aromatic carbocycles. The molecule has 10 heteroatoms. The van der Waals surface area contributed by atoms with E-state index in [1.807, 2.05) is 43.3 Å². The zero-order chi connectivity index (χ0) is 27.5. The van der Waals surface area contributed by atoms with Gasteiger partial charge in [-0.3, -0.25) is 10.1 Å². The van der Waals surface area contributed by atoms with Crippen molar-refractivity contribution in [3.8, 4) is 28.5 Å². The Balaban J connectivity index is 1.24. The zero-order valence-electron chi connectivity index (χ0n) is 20.7. The highest BCUT2D eigenvalue weighted by atomic mass is 35.5. The minimum atomic E-state index is -0.423. The van der Waals surface area contributed by atoms with Crippen LogP contribution in [0.25, 0.3) is 40.0 Å². The van der Waals surface area contributed by atoms with Crippen LogP contribution < -0.4 is 15.4 Å². The van der Waals surface area contributed by atoms with Gasteiger partial charge in [0, 0.05) is 29.0 Å². The summed E-state index contributed by atoms with van der Waals surface area (Å²) >= 11 is 17.7. The number of fused-ring (bicyclic) bond motifs is 1. The summed E-state index contributed by atoms with van der Waals surface area (Å²) in [6.07, 6.45) is 2.86. The Hall–Kier alpha value is -4.11. The van der Waals surface area contributed by atoms with Crippen molar-refractivity contribution in [3.63, 3.8) is 0 Å². The van der Waals surface area contributed by atoms with E-state index < -0.39 is 5.91 Å². The summed E-state index contributed by atoms with van der Waals surface area (Å²) in [4.78, 5) is 17.0. The first kappa shape index (κ1) is 26.5. The SMILES string of the molecule is COc1ccc2oc(-c3ccc(C)c(NC(=S)NC(=O)C=Cc4ccc(-c5cccc(Cl)c5Cl)o4)c3)nc2c1. The molecule has 0 aliphatic carbocycles. The third-order valence-corrected chi connectivity index (χ3v) is 6.83. The second-order valence-corrected chi connectivity index (χ2v) is 9.66. The number of hydrogen-bond acceptors (Lipinski definition) is 6. The van der Waals surface area contributed by atoms with Crippen molar-refractivity contribution in [2.45, 2.75) is 6.92 Å². The molecule has 0 spiro atoms. The molecule has 0 saturated heterocycles. The number of oxazole rings is 1. The molecule has 1 amide bonds. The van der Waals surface area contributed by atoms with E-state index in [1.165, 1.54) is 12.2 Å². The minimum Gasteiger partial charge on any atom is -0.497 e. The summed E-state index contributed by atoms with van der Waals surface area (Å²) < 4.78 is 16.9. The van der Waals surface area contributed by atoms with Gasteiger partial charge < -0.3 is 18.9 Å². The molecule has 2 N–H and O–H groups in total. The summed E-state index contributed by atoms with van der Waals surface area (Å²) in [6.45, 7) is 1.92. The fourth-order valence-electron chi connectivity index (χ4n) is 3.79. The van der Waals surface area contributed by atoms with E-state index in [4.69, 9.17) is 49.0 Å². The number of carbonyl (C=O) groups excluding carboxylic acids is 1. The molecule has 5 rings (SSSR count). The number of carbonyl (C=O) groups is 1. The molecule has 0 atom stereocenters. The molecule has 0 bridgehead atoms. The molecule has 0 unspecified atom stereocenters. The predicted octanol–water partition coefficient (Wildman–Crippen LogP) is 7.91. The number of halogens is 2. The number of rotatable bonds is 6. The molecule has 0 aliphatic rings. The highest BCUT2D eigenvalue weighted by molar-refractivity contribution is 7.80. The second kappa shape index (κ2) is 11.3. The molecule has 0 radical (unpaired) electrons. The van der Waals surface area contributed by atoms with Crippen LogP contribution in [0.3, 0.4) is 0 Å². The summed E-state index contributed by atoms with van der Waals surface area (Å²) in [5.41, 5.74) is 4.37. The predicted molar refractivity (Wildman–Crippen MR) is 158 cm³/mol. The van der Waals surface area contributed by atoms with Gasteiger partial charge in [-0.1, -0.05) is 35.3 Å². The molecule has 0 aliphatic heterocycles. The molecule has 5 aromatic rings. The van der Waals surface area contributed by atoms with Crippen LogP contribution in [0.2, 0.25) is 10.0 Å². The van der Waals surface area contributed by atoms with E-state index in [0.29, 0.717) is 55.6 Å². The summed E-state index contributed by atoms with van der Waals surface area (Å²) in [7, 11) is 1.60. The number of nitrogens with zero attached hydrogens (tertiary/aromatic N) is 1. The largest absolute Gasteiger partial charge is 0.497 e. The van der Waals surface area contributed by atoms with E-state index in [0.717, 1.165) is 11.1 Å². The highest BCUT2D eigenvalue weighted by Crippen LogP contribution is 2.34. The van der Waals surface area contributed by atoms with E-state index in [9.17, 15) is 4.79 Å². The molecular formula is C29H21Cl2N3O4S. The van der Waals surface area contributed by atoms with Gasteiger partial charge in [-0.15, -0.1) is 0 Å². The van der Waals surface area contributed by atoms with Gasteiger partial charge in [0.15, 0.2) is 10.7 Å². The Bertz CT molecular complexity index is 1740. The van der Waals surface area contributed by atoms with Gasteiger partial charge in [0.2, 0.25) is 11.8 Å². The van der Waals surface area contributed by atoms with Crippen molar-refractivity contribution >= 4 is 69.3 Å². The van der Waals surface area contributed by atoms with Crippen molar-refractivity contribution in [2.24, 2.45) is 0 Å². The monoisotopic (exact) mass is 577 g/mol. The van der Waals surface area contributed by atoms with E-state index in [-0.39, 0.29) is 5.11 Å². The fraction of sp³-hybridized carbons (Fsp3) is 0.0690. The maximum Gasteiger partial charge on any atom is 0.250 e. The number of nitrogens with one attached hydrogen (secondary N) is 2. The number of amides is 1. The van der Waals surface area contributed by atoms with E-state index in [1.54, 1.807) is 37.4 Å². The lowest BCUT2D eigenvalue weighted by Gasteiger charge is -2.11. The second-order valence-electron chi connectivity index (χ2n) is 8.46. The lowest BCUT2D eigenvalue weighted by atomic mass is 10.1. The molecular weight excluding hydrogens is 557 g/mol. The van der Waals surface area contributed by atoms with Crippen LogP contribution in [0, 0.1) is 6.92 Å². The Kier molecular flexibility index (Phi) is 7.70. The topological polar surface area (TPSA) is 89.5 Å². The number of benzene rings is 3. The van der Waals surface area contributed by atoms with Crippen LogP contribution in [0.5, 0.6) is 5.75 Å². The maximum absolute atomic E-state index is 12.5. The molecule has 2 heterocycles. The molecule has 39 heavy (non-hydrogen) atoms. The quantitative estimate of drug-likeness (QED) is 0.156. The lowest BCUT2D eigenvalue weighted by Crippen LogP contribution is -2.33. The summed E-state index contributed by atoms with van der Waals surface area (Å²) in [5, 5.41) is 6.66. The van der Waals surface area contributed by atoms with Crippen molar-refractivity contribution in [2.75, 3.05) is 12.4 Å². The molecule has 7 nitrogen and oxygen atoms in total. The van der Waals surface area contributed by atoms with Crippen LogP contribution in [-0.4, -0.2) is 23.1 Å². The number of thiocarbonyl (C=S) groups is 1. The minimum absolute atomic E-state index is 0.137. The van der Waals surface area contributed by atoms with Gasteiger partial charge in [-0.25, -0.2) is 4.98 Å². The maximum atomic E-state index is 12.5. The Labute approximate surface area is 239 Å². The van der Waals surface area contributed by atoms with Crippen molar-refractivity contribution in [3.05, 3.63) is 94.2 Å². The molecule has 2 aromatic heterocycles. The Morgan fingerprint density at radius 2 is 1.90 bits per heavy atom. The standard InChI is InChI=1S/C29H21Cl2N3O4S/c1-16-6-7-17(28-32-23-15-19(36-2)9-12-25(23)38-28)14-22(16)33-29(39)34-26(35)13-10-18-8-11-24(37-18)20-4-3-5-21(30)27(20)31/h3-15H,1-2H3,(H2,33,34,35,39). The Morgan fingerprint density at radius 1 is 1.05 bits per heavy atom. The lowest BCUT2D eigenvalue weighted by molar-refractivity contribution is -0.115. The van der Waals surface area contributed by atoms with Crippen LogP contribution >= 0.6 is 35.4 Å². The number of hydrogen-bond donors (Lipinski definition) is 2. The van der Waals surface area contributed by atoms with Gasteiger partial charge in [0.05, 0.1) is 17.2 Å². The van der Waals surface area contributed by atoms with Crippen LogP contribution in [-0.2, 0) is 4.79 Å². The van der Waals surface area contributed by atoms with Gasteiger partial charge in [0.25, 0.3) is 0 Å². The van der Waals surface area contributed by atoms with Gasteiger partial charge in [-0.05, 0) is 79.3 Å². The normalized spacial score (nSPS) is 11.2. The number of ether oxygens (including phenoxy) is 1. The third kappa shape index (κ3) is 5.98. The van der Waals surface area contributed by atoms with Gasteiger partial charge in [-0.2, -0.15) is 0 Å². The van der Waals surface area contributed by atoms with Crippen LogP contribution in [0.1, 0.15) is 11.3 Å². The summed E-state index contributed by atoms with van der Waals surface area (Å²) in [5.74, 6) is 1.73. The number of anilines is 1. The third-order valence-electron chi connectivity index (χ3n) is 5.81. The van der Waals surface area contributed by atoms with Crippen molar-refractivity contribution in [1.29, 1.82) is 0 Å². The van der Waals surface area contributed by atoms with Gasteiger partial charge in [0.1, 0.15) is 22.8 Å². The smallest absolute Gasteiger partial charge is 0.250 e. The Morgan fingerprint density at radius 3 is 2.72 bits per heavy atom. The number of furan rings is 1. The van der Waals surface area contributed by atoms with Crippen LogP contribution in [0.15, 0.2) is 81.6 Å². The van der Waals surface area contributed by atoms with Gasteiger partial charge >= 0.3 is 0 Å².